The van der Waals surface area contributed by atoms with Crippen molar-refractivity contribution in [3.63, 3.8) is 0 Å². The molecule has 1 aromatic rings. The van der Waals surface area contributed by atoms with Crippen LogP contribution in [0.1, 0.15) is 39.0 Å². The van der Waals surface area contributed by atoms with E-state index in [1.807, 2.05) is 30.1 Å². The second-order valence-electron chi connectivity index (χ2n) is 6.82. The number of carbonyl (C=O) groups is 2. The Morgan fingerprint density at radius 1 is 1.08 bits per heavy atom. The summed E-state index contributed by atoms with van der Waals surface area (Å²) in [5.41, 5.74) is 5.88. The Labute approximate surface area is 155 Å². The van der Waals surface area contributed by atoms with Crippen LogP contribution in [0, 0.1) is 5.92 Å². The molecule has 2 rings (SSSR count). The Bertz CT molecular complexity index is 559. The molecule has 144 valence electrons. The molecule has 1 saturated heterocycles. The molecule has 0 spiro atoms. The number of hydroxylamine groups is 1. The maximum Gasteiger partial charge on any atom is 0.243 e. The number of hydrazine groups is 1. The first-order valence-corrected chi connectivity index (χ1v) is 9.38. The molecule has 1 aliphatic rings. The van der Waals surface area contributed by atoms with E-state index < -0.39 is 0 Å². The van der Waals surface area contributed by atoms with Gasteiger partial charge < -0.3 is 4.90 Å². The second-order valence-corrected chi connectivity index (χ2v) is 6.82. The highest BCUT2D eigenvalue weighted by Crippen LogP contribution is 2.15. The highest BCUT2D eigenvalue weighted by atomic mass is 16.5. The molecule has 1 fully saturated rings. The number of piperazine rings is 1. The maximum atomic E-state index is 12.3. The number of rotatable bonds is 9. The SMILES string of the molecule is CC(CCCCCC(=O)NO)C(=O)NN1CCN(c2ccccc2)CC1. The molecule has 3 N–H and O–H groups in total. The number of amides is 2. The predicted octanol–water partition coefficient (Wildman–Crippen LogP) is 1.93. The van der Waals surface area contributed by atoms with Crippen LogP contribution in [-0.2, 0) is 9.59 Å². The zero-order valence-electron chi connectivity index (χ0n) is 15.5. The molecule has 0 bridgehead atoms. The Morgan fingerprint density at radius 2 is 1.77 bits per heavy atom. The molecule has 1 aliphatic heterocycles. The zero-order valence-corrected chi connectivity index (χ0v) is 15.5. The van der Waals surface area contributed by atoms with Gasteiger partial charge in [-0.25, -0.2) is 10.5 Å². The number of nitrogens with one attached hydrogen (secondary N) is 2. The first-order valence-electron chi connectivity index (χ1n) is 9.38. The van der Waals surface area contributed by atoms with E-state index in [0.717, 1.165) is 51.9 Å². The number of benzene rings is 1. The van der Waals surface area contributed by atoms with Crippen LogP contribution in [0.5, 0.6) is 0 Å². The van der Waals surface area contributed by atoms with Crippen LogP contribution in [0.3, 0.4) is 0 Å². The number of anilines is 1. The molecular formula is C19H30N4O3. The van der Waals surface area contributed by atoms with Gasteiger partial charge in [-0.05, 0) is 25.0 Å². The summed E-state index contributed by atoms with van der Waals surface area (Å²) >= 11 is 0. The summed E-state index contributed by atoms with van der Waals surface area (Å²) < 4.78 is 0. The minimum atomic E-state index is -0.356. The second kappa shape index (κ2) is 10.8. The van der Waals surface area contributed by atoms with Crippen molar-refractivity contribution < 1.29 is 14.8 Å². The zero-order chi connectivity index (χ0) is 18.8. The average molecular weight is 362 g/mol. The van der Waals surface area contributed by atoms with Crippen molar-refractivity contribution >= 4 is 17.5 Å². The van der Waals surface area contributed by atoms with Crippen LogP contribution < -0.4 is 15.8 Å². The maximum absolute atomic E-state index is 12.3. The van der Waals surface area contributed by atoms with Crippen molar-refractivity contribution in [2.24, 2.45) is 5.92 Å². The fraction of sp³-hybridized carbons (Fsp3) is 0.579. The lowest BCUT2D eigenvalue weighted by Gasteiger charge is -2.36. The van der Waals surface area contributed by atoms with Gasteiger partial charge in [0.2, 0.25) is 11.8 Å². The molecule has 0 saturated carbocycles. The largest absolute Gasteiger partial charge is 0.369 e. The molecule has 2 amide bonds. The summed E-state index contributed by atoms with van der Waals surface area (Å²) in [4.78, 5) is 25.6. The van der Waals surface area contributed by atoms with Crippen LogP contribution in [-0.4, -0.2) is 48.2 Å². The molecule has 0 aromatic heterocycles. The summed E-state index contributed by atoms with van der Waals surface area (Å²) in [6.07, 6.45) is 3.62. The van der Waals surface area contributed by atoms with Gasteiger partial charge >= 0.3 is 0 Å². The van der Waals surface area contributed by atoms with Gasteiger partial charge in [-0.1, -0.05) is 38.0 Å². The molecule has 7 nitrogen and oxygen atoms in total. The van der Waals surface area contributed by atoms with Crippen molar-refractivity contribution in [2.45, 2.75) is 39.0 Å². The lowest BCUT2D eigenvalue weighted by atomic mass is 10.0. The van der Waals surface area contributed by atoms with E-state index in [-0.39, 0.29) is 17.7 Å². The van der Waals surface area contributed by atoms with E-state index in [0.29, 0.717) is 6.42 Å². The lowest BCUT2D eigenvalue weighted by Crippen LogP contribution is -2.54. The van der Waals surface area contributed by atoms with E-state index >= 15 is 0 Å². The van der Waals surface area contributed by atoms with Gasteiger partial charge in [-0.15, -0.1) is 0 Å². The summed E-state index contributed by atoms with van der Waals surface area (Å²) in [6, 6.07) is 10.3. The van der Waals surface area contributed by atoms with Gasteiger partial charge in [0.05, 0.1) is 0 Å². The summed E-state index contributed by atoms with van der Waals surface area (Å²) in [5, 5.41) is 10.4. The fourth-order valence-corrected chi connectivity index (χ4v) is 3.08. The molecule has 1 aromatic carbocycles. The average Bonchev–Trinajstić information content (AvgIpc) is 2.68. The third-order valence-electron chi connectivity index (χ3n) is 4.78. The Morgan fingerprint density at radius 3 is 2.42 bits per heavy atom. The van der Waals surface area contributed by atoms with E-state index in [1.165, 1.54) is 5.69 Å². The number of hydrogen-bond donors (Lipinski definition) is 3. The predicted molar refractivity (Wildman–Crippen MR) is 101 cm³/mol. The van der Waals surface area contributed by atoms with Crippen molar-refractivity contribution in [3.8, 4) is 0 Å². The molecule has 1 atom stereocenters. The smallest absolute Gasteiger partial charge is 0.243 e. The number of hydrogen-bond acceptors (Lipinski definition) is 5. The van der Waals surface area contributed by atoms with Crippen LogP contribution in [0.2, 0.25) is 0 Å². The quantitative estimate of drug-likeness (QED) is 0.355. The minimum absolute atomic E-state index is 0.0474. The monoisotopic (exact) mass is 362 g/mol. The highest BCUT2D eigenvalue weighted by Gasteiger charge is 2.20. The van der Waals surface area contributed by atoms with Crippen LogP contribution in [0.25, 0.3) is 0 Å². The van der Waals surface area contributed by atoms with E-state index in [1.54, 1.807) is 5.48 Å². The third-order valence-corrected chi connectivity index (χ3v) is 4.78. The third kappa shape index (κ3) is 6.65. The number of unbranched alkanes of at least 4 members (excludes halogenated alkanes) is 2. The number of nitrogens with zero attached hydrogens (tertiary/aromatic N) is 2. The summed E-state index contributed by atoms with van der Waals surface area (Å²) in [6.45, 7) is 5.35. The Kier molecular flexibility index (Phi) is 8.37. The minimum Gasteiger partial charge on any atom is -0.369 e. The Hall–Kier alpha value is -2.12. The van der Waals surface area contributed by atoms with Crippen LogP contribution in [0.15, 0.2) is 30.3 Å². The molecule has 1 unspecified atom stereocenters. The molecule has 26 heavy (non-hydrogen) atoms. The topological polar surface area (TPSA) is 84.9 Å². The van der Waals surface area contributed by atoms with Crippen molar-refractivity contribution in [2.75, 3.05) is 31.1 Å². The van der Waals surface area contributed by atoms with Crippen LogP contribution in [0.4, 0.5) is 5.69 Å². The van der Waals surface area contributed by atoms with Gasteiger partial charge in [0, 0.05) is 44.2 Å². The van der Waals surface area contributed by atoms with Gasteiger partial charge in [0.15, 0.2) is 0 Å². The van der Waals surface area contributed by atoms with Gasteiger partial charge in [-0.2, -0.15) is 0 Å². The summed E-state index contributed by atoms with van der Waals surface area (Å²) in [7, 11) is 0. The van der Waals surface area contributed by atoms with E-state index in [4.69, 9.17) is 5.21 Å². The molecule has 0 radical (unpaired) electrons. The first kappa shape index (κ1) is 20.2. The molecular weight excluding hydrogens is 332 g/mol. The molecule has 0 aliphatic carbocycles. The Balaban J connectivity index is 1.61. The van der Waals surface area contributed by atoms with Gasteiger partial charge in [-0.3, -0.25) is 20.2 Å². The number of para-hydroxylation sites is 1. The molecule has 7 heteroatoms. The normalized spacial score (nSPS) is 16.2. The van der Waals surface area contributed by atoms with Gasteiger partial charge in [0.25, 0.3) is 0 Å². The van der Waals surface area contributed by atoms with Crippen LogP contribution >= 0.6 is 0 Å². The van der Waals surface area contributed by atoms with Crippen molar-refractivity contribution in [3.05, 3.63) is 30.3 Å². The lowest BCUT2D eigenvalue weighted by molar-refractivity contribution is -0.130. The van der Waals surface area contributed by atoms with Gasteiger partial charge in [0.1, 0.15) is 0 Å². The highest BCUT2D eigenvalue weighted by molar-refractivity contribution is 5.77. The van der Waals surface area contributed by atoms with Crippen molar-refractivity contribution in [1.82, 2.24) is 15.9 Å². The fourth-order valence-electron chi connectivity index (χ4n) is 3.08. The van der Waals surface area contributed by atoms with E-state index in [2.05, 4.69) is 22.5 Å². The molecule has 1 heterocycles. The first-order chi connectivity index (χ1) is 12.6. The number of carbonyl (C=O) groups excluding carboxylic acids is 2. The summed E-state index contributed by atoms with van der Waals surface area (Å²) in [5.74, 6) is -0.342. The van der Waals surface area contributed by atoms with E-state index in [9.17, 15) is 9.59 Å². The standard InChI is InChI=1S/C19H30N4O3/c1-16(8-4-2-7-11-18(24)21-26)19(25)20-23-14-12-22(13-15-23)17-9-5-3-6-10-17/h3,5-6,9-10,16,26H,2,4,7-8,11-15H2,1H3,(H,20,25)(H,21,24). The van der Waals surface area contributed by atoms with Crippen molar-refractivity contribution in [1.29, 1.82) is 0 Å².